The third-order valence-corrected chi connectivity index (χ3v) is 4.20. The Morgan fingerprint density at radius 3 is 2.92 bits per heavy atom. The molecule has 4 aromatic rings. The van der Waals surface area contributed by atoms with Crippen LogP contribution in [0.15, 0.2) is 47.2 Å². The zero-order valence-corrected chi connectivity index (χ0v) is 14.0. The molecule has 3 aromatic heterocycles. The maximum atomic E-state index is 11.8. The molecule has 0 aliphatic heterocycles. The van der Waals surface area contributed by atoms with Crippen LogP contribution in [0, 0.1) is 0 Å². The number of carbonyl (C=O) groups is 1. The van der Waals surface area contributed by atoms with Gasteiger partial charge in [-0.05, 0) is 18.6 Å². The van der Waals surface area contributed by atoms with E-state index in [-0.39, 0.29) is 5.69 Å². The lowest BCUT2D eigenvalue weighted by Gasteiger charge is -2.02. The van der Waals surface area contributed by atoms with Gasteiger partial charge < -0.3 is 9.15 Å². The number of fused-ring (bicyclic) bond motifs is 2. The molecule has 126 valence electrons. The summed E-state index contributed by atoms with van der Waals surface area (Å²) in [4.78, 5) is 16.1. The number of para-hydroxylation sites is 1. The average Bonchev–Trinajstić information content (AvgIpc) is 3.22. The number of nitrogens with zero attached hydrogens (tertiary/aromatic N) is 3. The second kappa shape index (κ2) is 6.05. The number of aryl methyl sites for hydroxylation is 1. The molecule has 0 saturated heterocycles. The smallest absolute Gasteiger partial charge is 0.356 e. The molecule has 0 saturated carbocycles. The second-order valence-corrected chi connectivity index (χ2v) is 5.80. The molecule has 0 aliphatic carbocycles. The fourth-order valence-corrected chi connectivity index (χ4v) is 3.03. The molecule has 0 atom stereocenters. The lowest BCUT2D eigenvalue weighted by Crippen LogP contribution is -2.05. The standard InChI is InChI=1S/C19H17N3O3/c1-3-8-22-16-9-15(19(23)24-2)20-10-13(16)18(21-22)14-11-25-17-7-5-4-6-12(14)17/h4-7,9-11H,3,8H2,1-2H3. The Bertz CT molecular complexity index is 1080. The van der Waals surface area contributed by atoms with Crippen LogP contribution in [0.25, 0.3) is 33.1 Å². The highest BCUT2D eigenvalue weighted by atomic mass is 16.5. The Morgan fingerprint density at radius 1 is 1.28 bits per heavy atom. The number of hydrogen-bond donors (Lipinski definition) is 0. The number of aromatic nitrogens is 3. The van der Waals surface area contributed by atoms with Crippen molar-refractivity contribution in [2.24, 2.45) is 0 Å². The summed E-state index contributed by atoms with van der Waals surface area (Å²) in [5.74, 6) is -0.457. The fourth-order valence-electron chi connectivity index (χ4n) is 3.03. The molecule has 0 radical (unpaired) electrons. The van der Waals surface area contributed by atoms with Gasteiger partial charge in [0.25, 0.3) is 0 Å². The molecular formula is C19H17N3O3. The summed E-state index contributed by atoms with van der Waals surface area (Å²) in [5, 5.41) is 6.65. The average molecular weight is 335 g/mol. The van der Waals surface area contributed by atoms with Gasteiger partial charge in [-0.15, -0.1) is 0 Å². The Labute approximate surface area is 144 Å². The van der Waals surface area contributed by atoms with Gasteiger partial charge in [-0.25, -0.2) is 9.78 Å². The van der Waals surface area contributed by atoms with E-state index in [0.717, 1.165) is 46.1 Å². The number of esters is 1. The van der Waals surface area contributed by atoms with E-state index in [2.05, 4.69) is 11.9 Å². The van der Waals surface area contributed by atoms with Gasteiger partial charge in [0.2, 0.25) is 0 Å². The van der Waals surface area contributed by atoms with Crippen molar-refractivity contribution in [3.05, 3.63) is 48.5 Å². The summed E-state index contributed by atoms with van der Waals surface area (Å²) in [6, 6.07) is 9.58. The van der Waals surface area contributed by atoms with Crippen LogP contribution in [-0.2, 0) is 11.3 Å². The SMILES string of the molecule is CCCn1nc(-c2coc3ccccc23)c2cnc(C(=O)OC)cc21. The van der Waals surface area contributed by atoms with Gasteiger partial charge in [-0.2, -0.15) is 5.10 Å². The Morgan fingerprint density at radius 2 is 2.12 bits per heavy atom. The van der Waals surface area contributed by atoms with E-state index in [1.165, 1.54) is 7.11 Å². The summed E-state index contributed by atoms with van der Waals surface area (Å²) in [6.07, 6.45) is 4.33. The quantitative estimate of drug-likeness (QED) is 0.526. The summed E-state index contributed by atoms with van der Waals surface area (Å²) in [5.41, 5.74) is 3.67. The summed E-state index contributed by atoms with van der Waals surface area (Å²) in [7, 11) is 1.35. The molecule has 0 N–H and O–H groups in total. The van der Waals surface area contributed by atoms with Gasteiger partial charge in [-0.3, -0.25) is 4.68 Å². The predicted octanol–water partition coefficient (Wildman–Crippen LogP) is 4.04. The normalized spacial score (nSPS) is 11.3. The second-order valence-electron chi connectivity index (χ2n) is 5.80. The lowest BCUT2D eigenvalue weighted by molar-refractivity contribution is 0.0594. The van der Waals surface area contributed by atoms with Crippen molar-refractivity contribution in [1.29, 1.82) is 0 Å². The van der Waals surface area contributed by atoms with Crippen molar-refractivity contribution < 1.29 is 13.9 Å². The predicted molar refractivity (Wildman–Crippen MR) is 94.4 cm³/mol. The third-order valence-electron chi connectivity index (χ3n) is 4.20. The Kier molecular flexibility index (Phi) is 3.72. The summed E-state index contributed by atoms with van der Waals surface area (Å²) in [6.45, 7) is 2.83. The molecule has 3 heterocycles. The number of furan rings is 1. The largest absolute Gasteiger partial charge is 0.464 e. The minimum Gasteiger partial charge on any atom is -0.464 e. The van der Waals surface area contributed by atoms with E-state index >= 15 is 0 Å². The van der Waals surface area contributed by atoms with Crippen LogP contribution in [0.3, 0.4) is 0 Å². The van der Waals surface area contributed by atoms with E-state index in [1.54, 1.807) is 18.5 Å². The first-order chi connectivity index (χ1) is 12.2. The van der Waals surface area contributed by atoms with Crippen molar-refractivity contribution in [2.45, 2.75) is 19.9 Å². The molecule has 0 fully saturated rings. The highest BCUT2D eigenvalue weighted by Crippen LogP contribution is 2.34. The summed E-state index contributed by atoms with van der Waals surface area (Å²) < 4.78 is 12.3. The minimum atomic E-state index is -0.457. The number of pyridine rings is 1. The van der Waals surface area contributed by atoms with Crippen molar-refractivity contribution in [2.75, 3.05) is 7.11 Å². The van der Waals surface area contributed by atoms with Crippen LogP contribution in [0.1, 0.15) is 23.8 Å². The van der Waals surface area contributed by atoms with Crippen LogP contribution >= 0.6 is 0 Å². The summed E-state index contributed by atoms with van der Waals surface area (Å²) >= 11 is 0. The van der Waals surface area contributed by atoms with Crippen LogP contribution in [-0.4, -0.2) is 27.8 Å². The molecule has 1 aromatic carbocycles. The first kappa shape index (κ1) is 15.4. The molecule has 6 heteroatoms. The molecule has 25 heavy (non-hydrogen) atoms. The number of hydrogen-bond acceptors (Lipinski definition) is 5. The Hall–Kier alpha value is -3.15. The third kappa shape index (κ3) is 2.46. The maximum absolute atomic E-state index is 11.8. The highest BCUT2D eigenvalue weighted by Gasteiger charge is 2.19. The molecule has 4 rings (SSSR count). The van der Waals surface area contributed by atoms with Crippen LogP contribution in [0.4, 0.5) is 0 Å². The van der Waals surface area contributed by atoms with Gasteiger partial charge in [0.15, 0.2) is 5.69 Å². The minimum absolute atomic E-state index is 0.274. The first-order valence-electron chi connectivity index (χ1n) is 8.14. The van der Waals surface area contributed by atoms with Gasteiger partial charge >= 0.3 is 5.97 Å². The van der Waals surface area contributed by atoms with Gasteiger partial charge in [0.1, 0.15) is 17.5 Å². The van der Waals surface area contributed by atoms with Crippen molar-refractivity contribution in [3.8, 4) is 11.3 Å². The molecule has 0 spiro atoms. The first-order valence-corrected chi connectivity index (χ1v) is 8.14. The number of ether oxygens (including phenoxy) is 1. The van der Waals surface area contributed by atoms with Gasteiger partial charge in [0, 0.05) is 29.1 Å². The number of rotatable bonds is 4. The van der Waals surface area contributed by atoms with E-state index < -0.39 is 5.97 Å². The topological polar surface area (TPSA) is 70.2 Å². The molecular weight excluding hydrogens is 318 g/mol. The van der Waals surface area contributed by atoms with Crippen LogP contribution in [0.5, 0.6) is 0 Å². The van der Waals surface area contributed by atoms with Crippen LogP contribution < -0.4 is 0 Å². The number of methoxy groups -OCH3 is 1. The highest BCUT2D eigenvalue weighted by molar-refractivity contribution is 6.03. The molecule has 0 amide bonds. The number of benzene rings is 1. The lowest BCUT2D eigenvalue weighted by atomic mass is 10.1. The van der Waals surface area contributed by atoms with Crippen LogP contribution in [0.2, 0.25) is 0 Å². The zero-order valence-electron chi connectivity index (χ0n) is 14.0. The van der Waals surface area contributed by atoms with Gasteiger partial charge in [0.05, 0.1) is 12.6 Å². The molecule has 0 aliphatic rings. The maximum Gasteiger partial charge on any atom is 0.356 e. The molecule has 0 unspecified atom stereocenters. The Balaban J connectivity index is 1.96. The van der Waals surface area contributed by atoms with E-state index in [1.807, 2.05) is 28.9 Å². The molecule has 6 nitrogen and oxygen atoms in total. The van der Waals surface area contributed by atoms with Crippen molar-refractivity contribution in [3.63, 3.8) is 0 Å². The molecule has 0 bridgehead atoms. The van der Waals surface area contributed by atoms with E-state index in [9.17, 15) is 4.79 Å². The number of carbonyl (C=O) groups excluding carboxylic acids is 1. The van der Waals surface area contributed by atoms with E-state index in [4.69, 9.17) is 14.3 Å². The van der Waals surface area contributed by atoms with Crippen molar-refractivity contribution in [1.82, 2.24) is 14.8 Å². The van der Waals surface area contributed by atoms with E-state index in [0.29, 0.717) is 0 Å². The fraction of sp³-hybridized carbons (Fsp3) is 0.211. The van der Waals surface area contributed by atoms with Crippen molar-refractivity contribution >= 4 is 27.8 Å². The van der Waals surface area contributed by atoms with Gasteiger partial charge in [-0.1, -0.05) is 25.1 Å². The monoisotopic (exact) mass is 335 g/mol. The zero-order chi connectivity index (χ0) is 17.4.